The Balaban J connectivity index is 1.99. The summed E-state index contributed by atoms with van der Waals surface area (Å²) in [6.07, 6.45) is 4.92. The monoisotopic (exact) mass is 316 g/mol. The second-order valence-corrected chi connectivity index (χ2v) is 5.01. The molecule has 0 saturated heterocycles. The lowest BCUT2D eigenvalue weighted by molar-refractivity contribution is -0.111. The smallest absolute Gasteiger partial charge is 0.249 e. The van der Waals surface area contributed by atoms with E-state index >= 15 is 0 Å². The lowest BCUT2D eigenvalue weighted by Gasteiger charge is -2.01. The van der Waals surface area contributed by atoms with Gasteiger partial charge in [0.2, 0.25) is 5.91 Å². The van der Waals surface area contributed by atoms with Crippen molar-refractivity contribution in [2.75, 3.05) is 5.32 Å². The first-order chi connectivity index (χ1) is 9.13. The van der Waals surface area contributed by atoms with E-state index < -0.39 is 0 Å². The molecule has 2 aromatic rings. The van der Waals surface area contributed by atoms with Gasteiger partial charge in [-0.05, 0) is 48.4 Å². The first-order valence-corrected chi connectivity index (χ1v) is 6.60. The van der Waals surface area contributed by atoms with Crippen molar-refractivity contribution in [1.82, 2.24) is 4.98 Å². The lowest BCUT2D eigenvalue weighted by Crippen LogP contribution is -2.09. The summed E-state index contributed by atoms with van der Waals surface area (Å²) in [5.74, 6) is 0.367. The van der Waals surface area contributed by atoms with Crippen LogP contribution < -0.4 is 5.32 Å². The molecule has 0 fully saturated rings. The second-order valence-electron chi connectivity index (χ2n) is 4.09. The van der Waals surface area contributed by atoms with Crippen molar-refractivity contribution < 1.29 is 4.79 Å². The van der Waals surface area contributed by atoms with Gasteiger partial charge in [0.15, 0.2) is 0 Å². The van der Waals surface area contributed by atoms with Gasteiger partial charge in [0.1, 0.15) is 5.82 Å². The molecule has 1 aromatic carbocycles. The predicted molar refractivity (Wildman–Crippen MR) is 80.8 cm³/mol. The largest absolute Gasteiger partial charge is 0.307 e. The summed E-state index contributed by atoms with van der Waals surface area (Å²) >= 11 is 3.36. The number of aromatic nitrogens is 1. The van der Waals surface area contributed by atoms with Gasteiger partial charge in [0, 0.05) is 16.7 Å². The standard InChI is InChI=1S/C15H13BrN2O/c1-11-8-9-17-14(10-11)18-15(19)7-4-12-2-5-13(16)6-3-12/h2-10H,1H3,(H,17,18,19). The van der Waals surface area contributed by atoms with Gasteiger partial charge in [-0.1, -0.05) is 28.1 Å². The predicted octanol–water partition coefficient (Wildman–Crippen LogP) is 3.80. The van der Waals surface area contributed by atoms with Crippen LogP contribution in [0.25, 0.3) is 6.08 Å². The van der Waals surface area contributed by atoms with Gasteiger partial charge >= 0.3 is 0 Å². The van der Waals surface area contributed by atoms with E-state index in [1.54, 1.807) is 12.3 Å². The number of benzene rings is 1. The summed E-state index contributed by atoms with van der Waals surface area (Å²) in [5, 5.41) is 2.72. The number of halogens is 1. The van der Waals surface area contributed by atoms with Crippen LogP contribution >= 0.6 is 15.9 Å². The molecule has 96 valence electrons. The van der Waals surface area contributed by atoms with E-state index in [9.17, 15) is 4.79 Å². The van der Waals surface area contributed by atoms with Crippen molar-refractivity contribution in [2.24, 2.45) is 0 Å². The summed E-state index contributed by atoms with van der Waals surface area (Å²) in [6, 6.07) is 11.4. The van der Waals surface area contributed by atoms with Gasteiger partial charge < -0.3 is 5.32 Å². The van der Waals surface area contributed by atoms with E-state index in [0.717, 1.165) is 15.6 Å². The molecule has 0 unspecified atom stereocenters. The highest BCUT2D eigenvalue weighted by atomic mass is 79.9. The maximum absolute atomic E-state index is 11.7. The van der Waals surface area contributed by atoms with E-state index in [1.165, 1.54) is 6.08 Å². The van der Waals surface area contributed by atoms with Crippen LogP contribution in [-0.2, 0) is 4.79 Å². The maximum Gasteiger partial charge on any atom is 0.249 e. The summed E-state index contributed by atoms with van der Waals surface area (Å²) < 4.78 is 1.01. The fourth-order valence-corrected chi connectivity index (χ4v) is 1.78. The number of nitrogens with zero attached hydrogens (tertiary/aromatic N) is 1. The molecule has 0 aliphatic rings. The van der Waals surface area contributed by atoms with Crippen molar-refractivity contribution in [3.05, 3.63) is 64.3 Å². The van der Waals surface area contributed by atoms with Crippen molar-refractivity contribution in [3.63, 3.8) is 0 Å². The number of carbonyl (C=O) groups is 1. The second kappa shape index (κ2) is 6.29. The third kappa shape index (κ3) is 4.34. The van der Waals surface area contributed by atoms with Gasteiger partial charge in [-0.3, -0.25) is 4.79 Å². The normalized spacial score (nSPS) is 10.6. The molecule has 1 amide bonds. The number of anilines is 1. The van der Waals surface area contributed by atoms with Crippen molar-refractivity contribution in [3.8, 4) is 0 Å². The summed E-state index contributed by atoms with van der Waals surface area (Å²) in [7, 11) is 0. The summed E-state index contributed by atoms with van der Waals surface area (Å²) in [4.78, 5) is 15.8. The number of hydrogen-bond donors (Lipinski definition) is 1. The summed E-state index contributed by atoms with van der Waals surface area (Å²) in [5.41, 5.74) is 2.03. The molecule has 3 nitrogen and oxygen atoms in total. The zero-order valence-electron chi connectivity index (χ0n) is 10.4. The van der Waals surface area contributed by atoms with E-state index in [4.69, 9.17) is 0 Å². The molecule has 2 rings (SSSR count). The quantitative estimate of drug-likeness (QED) is 0.875. The molecule has 0 spiro atoms. The number of amides is 1. The Morgan fingerprint density at radius 1 is 1.26 bits per heavy atom. The molecule has 4 heteroatoms. The topological polar surface area (TPSA) is 42.0 Å². The SMILES string of the molecule is Cc1ccnc(NC(=O)C=Cc2ccc(Br)cc2)c1. The molecule has 19 heavy (non-hydrogen) atoms. The fourth-order valence-electron chi connectivity index (χ4n) is 1.52. The molecule has 0 aliphatic carbocycles. The Kier molecular flexibility index (Phi) is 4.47. The zero-order chi connectivity index (χ0) is 13.7. The summed E-state index contributed by atoms with van der Waals surface area (Å²) in [6.45, 7) is 1.95. The first kappa shape index (κ1) is 13.5. The lowest BCUT2D eigenvalue weighted by atomic mass is 10.2. The molecule has 0 atom stereocenters. The van der Waals surface area contributed by atoms with Crippen molar-refractivity contribution >= 4 is 33.7 Å². The number of rotatable bonds is 3. The Labute approximate surface area is 120 Å². The average molecular weight is 317 g/mol. The minimum absolute atomic E-state index is 0.194. The molecular weight excluding hydrogens is 304 g/mol. The van der Waals surface area contributed by atoms with Crippen LogP contribution in [0.1, 0.15) is 11.1 Å². The van der Waals surface area contributed by atoms with E-state index in [1.807, 2.05) is 43.3 Å². The van der Waals surface area contributed by atoms with E-state index in [2.05, 4.69) is 26.2 Å². The van der Waals surface area contributed by atoms with Crippen LogP contribution in [0.15, 0.2) is 53.1 Å². The Hall–Kier alpha value is -1.94. The average Bonchev–Trinajstić information content (AvgIpc) is 2.38. The third-order valence-electron chi connectivity index (χ3n) is 2.46. The van der Waals surface area contributed by atoms with Gasteiger partial charge in [-0.2, -0.15) is 0 Å². The highest BCUT2D eigenvalue weighted by Crippen LogP contribution is 2.11. The Bertz CT molecular complexity index is 606. The molecule has 0 aliphatic heterocycles. The zero-order valence-corrected chi connectivity index (χ0v) is 12.0. The minimum atomic E-state index is -0.194. The van der Waals surface area contributed by atoms with Gasteiger partial charge in [-0.25, -0.2) is 4.98 Å². The van der Waals surface area contributed by atoms with Crippen LogP contribution in [0.4, 0.5) is 5.82 Å². The molecule has 1 heterocycles. The highest BCUT2D eigenvalue weighted by Gasteiger charge is 1.98. The van der Waals surface area contributed by atoms with Crippen molar-refractivity contribution in [1.29, 1.82) is 0 Å². The van der Waals surface area contributed by atoms with Crippen LogP contribution in [0.2, 0.25) is 0 Å². The highest BCUT2D eigenvalue weighted by molar-refractivity contribution is 9.10. The number of nitrogens with one attached hydrogen (secondary N) is 1. The first-order valence-electron chi connectivity index (χ1n) is 5.81. The fraction of sp³-hybridized carbons (Fsp3) is 0.0667. The number of aryl methyl sites for hydroxylation is 1. The molecule has 0 radical (unpaired) electrons. The molecule has 0 bridgehead atoms. The Morgan fingerprint density at radius 2 is 2.00 bits per heavy atom. The van der Waals surface area contributed by atoms with Crippen LogP contribution in [0.3, 0.4) is 0 Å². The minimum Gasteiger partial charge on any atom is -0.307 e. The van der Waals surface area contributed by atoms with Crippen LogP contribution in [0, 0.1) is 6.92 Å². The van der Waals surface area contributed by atoms with Gasteiger partial charge in [0.05, 0.1) is 0 Å². The van der Waals surface area contributed by atoms with E-state index in [0.29, 0.717) is 5.82 Å². The molecule has 1 aromatic heterocycles. The van der Waals surface area contributed by atoms with Crippen LogP contribution in [0.5, 0.6) is 0 Å². The molecule has 0 saturated carbocycles. The number of hydrogen-bond acceptors (Lipinski definition) is 2. The maximum atomic E-state index is 11.7. The Morgan fingerprint density at radius 3 is 2.68 bits per heavy atom. The van der Waals surface area contributed by atoms with Gasteiger partial charge in [0.25, 0.3) is 0 Å². The van der Waals surface area contributed by atoms with Crippen molar-refractivity contribution in [2.45, 2.75) is 6.92 Å². The number of pyridine rings is 1. The molecular formula is C15H13BrN2O. The third-order valence-corrected chi connectivity index (χ3v) is 2.99. The van der Waals surface area contributed by atoms with Gasteiger partial charge in [-0.15, -0.1) is 0 Å². The van der Waals surface area contributed by atoms with Crippen LogP contribution in [-0.4, -0.2) is 10.9 Å². The molecule has 1 N–H and O–H groups in total. The van der Waals surface area contributed by atoms with E-state index in [-0.39, 0.29) is 5.91 Å². The number of carbonyl (C=O) groups excluding carboxylic acids is 1.